The standard InChI is InChI=1S/C27H20BrFN2O3/c28-22-13-20-15-31(27(32)21(20)14-23(22)29)24-11-12-25(33-16-18-7-3-1-4-8-18)30-26(24)34-17-19-9-5-2-6-10-19/h1-14H,15-17H2. The number of benzene rings is 3. The molecule has 0 N–H and O–H groups in total. The van der Waals surface area contributed by atoms with E-state index in [0.717, 1.165) is 16.7 Å². The molecule has 0 fully saturated rings. The summed E-state index contributed by atoms with van der Waals surface area (Å²) in [6.07, 6.45) is 0. The summed E-state index contributed by atoms with van der Waals surface area (Å²) in [5.41, 5.74) is 3.54. The molecule has 3 aromatic carbocycles. The molecule has 7 heteroatoms. The van der Waals surface area contributed by atoms with Crippen LogP contribution >= 0.6 is 15.9 Å². The zero-order valence-electron chi connectivity index (χ0n) is 18.1. The van der Waals surface area contributed by atoms with Crippen LogP contribution in [0.15, 0.2) is 89.4 Å². The molecule has 0 aliphatic carbocycles. The molecule has 1 aromatic heterocycles. The van der Waals surface area contributed by atoms with Crippen LogP contribution in [0.5, 0.6) is 11.8 Å². The minimum Gasteiger partial charge on any atom is -0.473 e. The second-order valence-electron chi connectivity index (χ2n) is 7.84. The molecule has 0 saturated heterocycles. The summed E-state index contributed by atoms with van der Waals surface area (Å²) >= 11 is 3.20. The van der Waals surface area contributed by atoms with Crippen molar-refractivity contribution in [2.45, 2.75) is 19.8 Å². The van der Waals surface area contributed by atoms with Crippen molar-refractivity contribution in [3.05, 3.63) is 117 Å². The molecule has 2 heterocycles. The maximum absolute atomic E-state index is 14.1. The molecule has 5 nitrogen and oxygen atoms in total. The second kappa shape index (κ2) is 9.65. The number of fused-ring (bicyclic) bond motifs is 1. The minimum absolute atomic E-state index is 0.273. The highest BCUT2D eigenvalue weighted by Crippen LogP contribution is 2.37. The van der Waals surface area contributed by atoms with E-state index in [9.17, 15) is 9.18 Å². The molecule has 4 aromatic rings. The molecule has 170 valence electrons. The summed E-state index contributed by atoms with van der Waals surface area (Å²) in [4.78, 5) is 19.2. The van der Waals surface area contributed by atoms with Crippen LogP contribution in [0.3, 0.4) is 0 Å². The Balaban J connectivity index is 1.43. The monoisotopic (exact) mass is 518 g/mol. The zero-order chi connectivity index (χ0) is 23.5. The Labute approximate surface area is 204 Å². The van der Waals surface area contributed by atoms with E-state index >= 15 is 0 Å². The zero-order valence-corrected chi connectivity index (χ0v) is 19.7. The van der Waals surface area contributed by atoms with E-state index in [2.05, 4.69) is 20.9 Å². The summed E-state index contributed by atoms with van der Waals surface area (Å²) in [6, 6.07) is 25.8. The quantitative estimate of drug-likeness (QED) is 0.288. The van der Waals surface area contributed by atoms with Crippen LogP contribution in [-0.2, 0) is 19.8 Å². The van der Waals surface area contributed by atoms with E-state index in [1.165, 1.54) is 6.07 Å². The fourth-order valence-corrected chi connectivity index (χ4v) is 4.16. The Kier molecular flexibility index (Phi) is 6.27. The smallest absolute Gasteiger partial charge is 0.259 e. The third kappa shape index (κ3) is 4.65. The van der Waals surface area contributed by atoms with Crippen LogP contribution in [0.2, 0.25) is 0 Å². The predicted octanol–water partition coefficient (Wildman–Crippen LogP) is 6.30. The van der Waals surface area contributed by atoms with Gasteiger partial charge in [-0.15, -0.1) is 0 Å². The maximum atomic E-state index is 14.1. The molecular weight excluding hydrogens is 499 g/mol. The molecule has 34 heavy (non-hydrogen) atoms. The highest BCUT2D eigenvalue weighted by Gasteiger charge is 2.32. The first-order chi connectivity index (χ1) is 16.6. The summed E-state index contributed by atoms with van der Waals surface area (Å²) in [7, 11) is 0. The van der Waals surface area contributed by atoms with Gasteiger partial charge in [-0.05, 0) is 50.8 Å². The van der Waals surface area contributed by atoms with Crippen LogP contribution in [0.1, 0.15) is 27.0 Å². The van der Waals surface area contributed by atoms with Gasteiger partial charge in [0.25, 0.3) is 5.91 Å². The summed E-state index contributed by atoms with van der Waals surface area (Å²) in [5.74, 6) is -0.119. The van der Waals surface area contributed by atoms with E-state index in [4.69, 9.17) is 9.47 Å². The van der Waals surface area contributed by atoms with Crippen molar-refractivity contribution >= 4 is 27.5 Å². The molecular formula is C27H20BrFN2O3. The number of hydrogen-bond acceptors (Lipinski definition) is 4. The van der Waals surface area contributed by atoms with E-state index in [0.29, 0.717) is 34.8 Å². The summed E-state index contributed by atoms with van der Waals surface area (Å²) in [6.45, 7) is 0.922. The average molecular weight is 519 g/mol. The third-order valence-electron chi connectivity index (χ3n) is 5.50. The Morgan fingerprint density at radius 3 is 2.21 bits per heavy atom. The number of ether oxygens (including phenoxy) is 2. The Hall–Kier alpha value is -3.71. The van der Waals surface area contributed by atoms with Crippen molar-refractivity contribution < 1.29 is 18.7 Å². The van der Waals surface area contributed by atoms with E-state index < -0.39 is 5.82 Å². The third-order valence-corrected chi connectivity index (χ3v) is 6.11. The molecule has 0 radical (unpaired) electrons. The lowest BCUT2D eigenvalue weighted by Gasteiger charge is -2.20. The predicted molar refractivity (Wildman–Crippen MR) is 130 cm³/mol. The molecule has 0 atom stereocenters. The lowest BCUT2D eigenvalue weighted by molar-refractivity contribution is 0.0995. The Bertz CT molecular complexity index is 1330. The fraction of sp³-hybridized carbons (Fsp3) is 0.111. The minimum atomic E-state index is -0.475. The van der Waals surface area contributed by atoms with E-state index in [1.54, 1.807) is 23.1 Å². The van der Waals surface area contributed by atoms with Gasteiger partial charge in [0.1, 0.15) is 24.7 Å². The highest BCUT2D eigenvalue weighted by molar-refractivity contribution is 9.10. The maximum Gasteiger partial charge on any atom is 0.259 e. The van der Waals surface area contributed by atoms with Crippen molar-refractivity contribution in [1.29, 1.82) is 0 Å². The van der Waals surface area contributed by atoms with E-state index in [-0.39, 0.29) is 18.4 Å². The molecule has 0 bridgehead atoms. The van der Waals surface area contributed by atoms with Crippen LogP contribution in [0.4, 0.5) is 10.1 Å². The number of hydrogen-bond donors (Lipinski definition) is 0. The van der Waals surface area contributed by atoms with Gasteiger partial charge in [0.2, 0.25) is 11.8 Å². The molecule has 0 saturated carbocycles. The number of carbonyl (C=O) groups is 1. The normalized spacial score (nSPS) is 12.5. The van der Waals surface area contributed by atoms with Gasteiger partial charge >= 0.3 is 0 Å². The van der Waals surface area contributed by atoms with Crippen LogP contribution in [0, 0.1) is 5.82 Å². The molecule has 0 spiro atoms. The summed E-state index contributed by atoms with van der Waals surface area (Å²) < 4.78 is 26.3. The first-order valence-corrected chi connectivity index (χ1v) is 11.5. The van der Waals surface area contributed by atoms with Gasteiger partial charge in [-0.25, -0.2) is 4.39 Å². The Morgan fingerprint density at radius 2 is 1.53 bits per heavy atom. The number of rotatable bonds is 7. The fourth-order valence-electron chi connectivity index (χ4n) is 3.77. The molecule has 0 unspecified atom stereocenters. The van der Waals surface area contributed by atoms with Crippen molar-refractivity contribution in [2.24, 2.45) is 0 Å². The molecule has 1 aliphatic rings. The Morgan fingerprint density at radius 1 is 0.882 bits per heavy atom. The van der Waals surface area contributed by atoms with Gasteiger partial charge in [-0.2, -0.15) is 4.98 Å². The number of halogens is 2. The largest absolute Gasteiger partial charge is 0.473 e. The topological polar surface area (TPSA) is 51.7 Å². The van der Waals surface area contributed by atoms with Gasteiger partial charge in [-0.1, -0.05) is 60.7 Å². The van der Waals surface area contributed by atoms with Crippen molar-refractivity contribution in [2.75, 3.05) is 4.90 Å². The second-order valence-corrected chi connectivity index (χ2v) is 8.69. The molecule has 1 amide bonds. The van der Waals surface area contributed by atoms with Crippen LogP contribution < -0.4 is 14.4 Å². The lowest BCUT2D eigenvalue weighted by atomic mass is 10.1. The molecule has 5 rings (SSSR count). The molecule has 1 aliphatic heterocycles. The van der Waals surface area contributed by atoms with Gasteiger partial charge < -0.3 is 9.47 Å². The number of amides is 1. The first-order valence-electron chi connectivity index (χ1n) is 10.7. The van der Waals surface area contributed by atoms with E-state index in [1.807, 2.05) is 60.7 Å². The average Bonchev–Trinajstić information content (AvgIpc) is 3.18. The number of anilines is 1. The summed E-state index contributed by atoms with van der Waals surface area (Å²) in [5, 5.41) is 0. The highest BCUT2D eigenvalue weighted by atomic mass is 79.9. The van der Waals surface area contributed by atoms with Gasteiger partial charge in [0.05, 0.1) is 11.0 Å². The first kappa shape index (κ1) is 22.1. The van der Waals surface area contributed by atoms with Crippen LogP contribution in [0.25, 0.3) is 0 Å². The van der Waals surface area contributed by atoms with Gasteiger partial charge in [0.15, 0.2) is 0 Å². The number of carbonyl (C=O) groups excluding carboxylic acids is 1. The lowest BCUT2D eigenvalue weighted by Crippen LogP contribution is -2.24. The van der Waals surface area contributed by atoms with Gasteiger partial charge in [-0.3, -0.25) is 9.69 Å². The number of aromatic nitrogens is 1. The van der Waals surface area contributed by atoms with Crippen LogP contribution in [-0.4, -0.2) is 10.9 Å². The number of pyridine rings is 1. The number of nitrogens with zero attached hydrogens (tertiary/aromatic N) is 2. The van der Waals surface area contributed by atoms with Crippen molar-refractivity contribution in [3.63, 3.8) is 0 Å². The SMILES string of the molecule is O=C1c2cc(F)c(Br)cc2CN1c1ccc(OCc2ccccc2)nc1OCc1ccccc1. The van der Waals surface area contributed by atoms with Gasteiger partial charge in [0, 0.05) is 11.6 Å². The van der Waals surface area contributed by atoms with Crippen molar-refractivity contribution in [1.82, 2.24) is 4.98 Å². The van der Waals surface area contributed by atoms with Crippen molar-refractivity contribution in [3.8, 4) is 11.8 Å².